The van der Waals surface area contributed by atoms with Gasteiger partial charge in [-0.05, 0) is 43.2 Å². The predicted molar refractivity (Wildman–Crippen MR) is 101 cm³/mol. The van der Waals surface area contributed by atoms with Gasteiger partial charge in [0, 0.05) is 35.6 Å². The van der Waals surface area contributed by atoms with Crippen LogP contribution in [-0.4, -0.2) is 30.6 Å². The monoisotopic (exact) mass is 360 g/mol. The summed E-state index contributed by atoms with van der Waals surface area (Å²) in [7, 11) is 0. The van der Waals surface area contributed by atoms with Crippen LogP contribution < -0.4 is 11.0 Å². The highest BCUT2D eigenvalue weighted by atomic mass is 16.2. The highest BCUT2D eigenvalue weighted by molar-refractivity contribution is 6.05. The van der Waals surface area contributed by atoms with Gasteiger partial charge in [0.25, 0.3) is 5.91 Å². The zero-order valence-corrected chi connectivity index (χ0v) is 14.3. The number of carbonyl (C=O) groups excluding carboxylic acids is 1. The van der Waals surface area contributed by atoms with Crippen molar-refractivity contribution in [2.45, 2.75) is 18.9 Å². The molecule has 3 aromatic heterocycles. The third kappa shape index (κ3) is 2.80. The van der Waals surface area contributed by atoms with Gasteiger partial charge in [-0.15, -0.1) is 0 Å². The molecule has 8 heteroatoms. The SMILES string of the molecule is O=C(Nc1cc(-c2cccnc2)[nH]n1)c1ccc2c(c1)[nH]c(=O)n2C1CC1. The van der Waals surface area contributed by atoms with Crippen molar-refractivity contribution in [1.82, 2.24) is 24.7 Å². The van der Waals surface area contributed by atoms with Crippen molar-refractivity contribution in [1.29, 1.82) is 0 Å². The molecule has 0 aliphatic heterocycles. The third-order valence-electron chi connectivity index (χ3n) is 4.68. The fourth-order valence-electron chi connectivity index (χ4n) is 3.21. The normalized spacial score (nSPS) is 13.8. The van der Waals surface area contributed by atoms with Gasteiger partial charge >= 0.3 is 5.69 Å². The summed E-state index contributed by atoms with van der Waals surface area (Å²) in [4.78, 5) is 31.6. The van der Waals surface area contributed by atoms with Crippen molar-refractivity contribution in [2.75, 3.05) is 5.32 Å². The van der Waals surface area contributed by atoms with Crippen LogP contribution in [0.2, 0.25) is 0 Å². The van der Waals surface area contributed by atoms with Crippen molar-refractivity contribution < 1.29 is 4.79 Å². The minimum Gasteiger partial charge on any atom is -0.306 e. The number of rotatable bonds is 4. The smallest absolute Gasteiger partial charge is 0.306 e. The summed E-state index contributed by atoms with van der Waals surface area (Å²) in [6.45, 7) is 0. The average molecular weight is 360 g/mol. The molecule has 27 heavy (non-hydrogen) atoms. The van der Waals surface area contributed by atoms with Crippen LogP contribution in [0.1, 0.15) is 29.2 Å². The number of imidazole rings is 1. The van der Waals surface area contributed by atoms with Gasteiger partial charge in [-0.25, -0.2) is 4.79 Å². The zero-order chi connectivity index (χ0) is 18.4. The summed E-state index contributed by atoms with van der Waals surface area (Å²) in [6.07, 6.45) is 5.45. The number of nitrogens with zero attached hydrogens (tertiary/aromatic N) is 3. The molecular weight excluding hydrogens is 344 g/mol. The molecule has 1 amide bonds. The van der Waals surface area contributed by atoms with E-state index in [0.717, 1.165) is 29.6 Å². The van der Waals surface area contributed by atoms with E-state index < -0.39 is 0 Å². The van der Waals surface area contributed by atoms with Crippen LogP contribution in [0, 0.1) is 0 Å². The van der Waals surface area contributed by atoms with Crippen molar-refractivity contribution in [3.8, 4) is 11.3 Å². The Kier molecular flexibility index (Phi) is 3.43. The first-order valence-electron chi connectivity index (χ1n) is 8.70. The second-order valence-electron chi connectivity index (χ2n) is 6.63. The second kappa shape index (κ2) is 5.94. The van der Waals surface area contributed by atoms with E-state index in [2.05, 4.69) is 25.5 Å². The molecule has 5 rings (SSSR count). The number of hydrogen-bond acceptors (Lipinski definition) is 4. The standard InChI is InChI=1S/C19H16N6O2/c26-18(22-17-9-14(23-24-17)12-2-1-7-20-10-12)11-3-6-16-15(8-11)21-19(27)25(16)13-4-5-13/h1-3,6-10,13H,4-5H2,(H,21,27)(H2,22,23,24,26). The number of aromatic amines is 2. The van der Waals surface area contributed by atoms with Crippen LogP contribution in [0.3, 0.4) is 0 Å². The van der Waals surface area contributed by atoms with E-state index in [9.17, 15) is 9.59 Å². The summed E-state index contributed by atoms with van der Waals surface area (Å²) in [5, 5.41) is 9.78. The Bertz CT molecular complexity index is 1200. The van der Waals surface area contributed by atoms with E-state index in [4.69, 9.17) is 0 Å². The maximum Gasteiger partial charge on any atom is 0.326 e. The van der Waals surface area contributed by atoms with Gasteiger partial charge in [0.2, 0.25) is 0 Å². The highest BCUT2D eigenvalue weighted by Crippen LogP contribution is 2.35. The first-order valence-corrected chi connectivity index (χ1v) is 8.70. The van der Waals surface area contributed by atoms with Gasteiger partial charge in [0.15, 0.2) is 5.82 Å². The number of benzene rings is 1. The van der Waals surface area contributed by atoms with E-state index in [1.54, 1.807) is 35.2 Å². The van der Waals surface area contributed by atoms with Crippen molar-refractivity contribution in [3.63, 3.8) is 0 Å². The highest BCUT2D eigenvalue weighted by Gasteiger charge is 2.27. The Hall–Kier alpha value is -3.68. The van der Waals surface area contributed by atoms with E-state index >= 15 is 0 Å². The molecule has 1 aliphatic rings. The first-order chi connectivity index (χ1) is 13.2. The molecule has 4 aromatic rings. The second-order valence-corrected chi connectivity index (χ2v) is 6.63. The van der Waals surface area contributed by atoms with Gasteiger partial charge < -0.3 is 10.3 Å². The van der Waals surface area contributed by atoms with Gasteiger partial charge in [0.05, 0.1) is 16.7 Å². The molecule has 1 fully saturated rings. The van der Waals surface area contributed by atoms with Crippen LogP contribution >= 0.6 is 0 Å². The summed E-state index contributed by atoms with van der Waals surface area (Å²) in [6, 6.07) is 11.0. The van der Waals surface area contributed by atoms with Crippen molar-refractivity contribution >= 4 is 22.8 Å². The van der Waals surface area contributed by atoms with Crippen LogP contribution in [0.25, 0.3) is 22.3 Å². The van der Waals surface area contributed by atoms with Gasteiger partial charge in [-0.1, -0.05) is 0 Å². The van der Waals surface area contributed by atoms with Crippen molar-refractivity contribution in [3.05, 3.63) is 64.8 Å². The van der Waals surface area contributed by atoms with Crippen LogP contribution in [0.15, 0.2) is 53.6 Å². The number of anilines is 1. The Morgan fingerprint density at radius 1 is 1.22 bits per heavy atom. The maximum absolute atomic E-state index is 12.6. The van der Waals surface area contributed by atoms with Crippen LogP contribution in [-0.2, 0) is 0 Å². The molecule has 1 aliphatic carbocycles. The quantitative estimate of drug-likeness (QED) is 0.520. The molecule has 0 saturated heterocycles. The van der Waals surface area contributed by atoms with Crippen LogP contribution in [0.5, 0.6) is 0 Å². The molecule has 0 atom stereocenters. The lowest BCUT2D eigenvalue weighted by Gasteiger charge is -2.03. The van der Waals surface area contributed by atoms with E-state index in [1.165, 1.54) is 0 Å². The number of amides is 1. The fourth-order valence-corrected chi connectivity index (χ4v) is 3.21. The average Bonchev–Trinajstić information content (AvgIpc) is 3.31. The lowest BCUT2D eigenvalue weighted by atomic mass is 10.2. The Balaban J connectivity index is 1.40. The van der Waals surface area contributed by atoms with Crippen LogP contribution in [0.4, 0.5) is 5.82 Å². The van der Waals surface area contributed by atoms with Gasteiger partial charge in [0.1, 0.15) is 0 Å². The van der Waals surface area contributed by atoms with E-state index in [1.807, 2.05) is 18.2 Å². The summed E-state index contributed by atoms with van der Waals surface area (Å²) >= 11 is 0. The molecule has 3 N–H and O–H groups in total. The molecular formula is C19H16N6O2. The Labute approximate surface area is 153 Å². The molecule has 3 heterocycles. The minimum atomic E-state index is -0.291. The minimum absolute atomic E-state index is 0.126. The van der Waals surface area contributed by atoms with Crippen molar-refractivity contribution in [2.24, 2.45) is 0 Å². The largest absolute Gasteiger partial charge is 0.326 e. The zero-order valence-electron chi connectivity index (χ0n) is 14.3. The lowest BCUT2D eigenvalue weighted by molar-refractivity contribution is 0.102. The maximum atomic E-state index is 12.6. The van der Waals surface area contributed by atoms with E-state index in [0.29, 0.717) is 16.9 Å². The predicted octanol–water partition coefficient (Wildman–Crippen LogP) is 2.70. The number of aromatic nitrogens is 5. The number of hydrogen-bond donors (Lipinski definition) is 3. The molecule has 1 aromatic carbocycles. The molecule has 0 bridgehead atoms. The molecule has 8 nitrogen and oxygen atoms in total. The summed E-state index contributed by atoms with van der Waals surface area (Å²) in [5.41, 5.74) is 3.47. The summed E-state index contributed by atoms with van der Waals surface area (Å²) in [5.74, 6) is 0.129. The number of nitrogens with one attached hydrogen (secondary N) is 3. The number of pyridine rings is 1. The Morgan fingerprint density at radius 2 is 2.11 bits per heavy atom. The van der Waals surface area contributed by atoms with Gasteiger partial charge in [-0.2, -0.15) is 5.10 Å². The number of carbonyl (C=O) groups is 1. The number of fused-ring (bicyclic) bond motifs is 1. The topological polar surface area (TPSA) is 108 Å². The molecule has 0 spiro atoms. The molecule has 0 radical (unpaired) electrons. The first kappa shape index (κ1) is 15.6. The third-order valence-corrected chi connectivity index (χ3v) is 4.68. The summed E-state index contributed by atoms with van der Waals surface area (Å²) < 4.78 is 1.77. The van der Waals surface area contributed by atoms with Gasteiger partial charge in [-0.3, -0.25) is 19.4 Å². The Morgan fingerprint density at radius 3 is 2.89 bits per heavy atom. The molecule has 0 unspecified atom stereocenters. The molecule has 1 saturated carbocycles. The lowest BCUT2D eigenvalue weighted by Crippen LogP contribution is -2.14. The fraction of sp³-hybridized carbons (Fsp3) is 0.158. The number of H-pyrrole nitrogens is 2. The van der Waals surface area contributed by atoms with E-state index in [-0.39, 0.29) is 17.6 Å². The molecule has 134 valence electrons.